The fourth-order valence-corrected chi connectivity index (χ4v) is 6.04. The Kier molecular flexibility index (Phi) is 3.36. The lowest BCUT2D eigenvalue weighted by Crippen LogP contribution is -2.03. The van der Waals surface area contributed by atoms with E-state index in [9.17, 15) is 2.74 Å². The molecule has 50 heavy (non-hydrogen) atoms. The summed E-state index contributed by atoms with van der Waals surface area (Å²) in [6.45, 7) is 0. The van der Waals surface area contributed by atoms with Crippen LogP contribution in [-0.2, 0) is 0 Å². The number of hydrogen-bond acceptors (Lipinski definition) is 4. The third-order valence-electron chi connectivity index (χ3n) is 8.13. The molecule has 0 amide bonds. The van der Waals surface area contributed by atoms with Gasteiger partial charge in [-0.1, -0.05) is 133 Å². The van der Waals surface area contributed by atoms with E-state index in [2.05, 4.69) is 0 Å². The standard InChI is InChI=1S/C45H28N4O/c1-3-15-29(16-4-1)31-22-13-27-39-41(31)42-35(23-14-28-40(42)50-39)45-47-43(30-17-5-2-6-18-30)46-44(48-45)34-21-9-12-26-38(34)49-36-24-10-7-19-32(36)33-20-8-11-25-37(33)49/h1-28H/i1D,3D,4D,7D,8D,9D,10D,11D,12D,13D,15D,16D,19D,20D,21D,22D,24D,25D,26D,27D. The van der Waals surface area contributed by atoms with Gasteiger partial charge in [0.1, 0.15) is 11.2 Å². The Morgan fingerprint density at radius 1 is 0.440 bits per heavy atom. The van der Waals surface area contributed by atoms with Crippen LogP contribution in [0.1, 0.15) is 27.4 Å². The van der Waals surface area contributed by atoms with Gasteiger partial charge < -0.3 is 8.98 Å². The van der Waals surface area contributed by atoms with Crippen LogP contribution in [0.15, 0.2) is 174 Å². The highest BCUT2D eigenvalue weighted by Gasteiger charge is 2.22. The Morgan fingerprint density at radius 2 is 1.06 bits per heavy atom. The monoisotopic (exact) mass is 660 g/mol. The quantitative estimate of drug-likeness (QED) is 0.184. The average Bonchev–Trinajstić information content (AvgIpc) is 3.93. The van der Waals surface area contributed by atoms with Crippen molar-refractivity contribution >= 4 is 43.7 Å². The van der Waals surface area contributed by atoms with Crippen LogP contribution >= 0.6 is 0 Å². The highest BCUT2D eigenvalue weighted by atomic mass is 16.3. The molecule has 0 N–H and O–H groups in total. The van der Waals surface area contributed by atoms with E-state index in [4.69, 9.17) is 44.0 Å². The fourth-order valence-electron chi connectivity index (χ4n) is 6.04. The van der Waals surface area contributed by atoms with Crippen molar-refractivity contribution in [1.82, 2.24) is 19.5 Å². The first-order valence-electron chi connectivity index (χ1n) is 25.1. The second kappa shape index (κ2) is 11.4. The number of fused-ring (bicyclic) bond motifs is 6. The van der Waals surface area contributed by atoms with Crippen LogP contribution in [-0.4, -0.2) is 19.5 Å². The van der Waals surface area contributed by atoms with Crippen molar-refractivity contribution < 1.29 is 31.8 Å². The molecule has 3 aromatic heterocycles. The molecule has 0 fully saturated rings. The molecule has 0 saturated heterocycles. The number of nitrogens with zero attached hydrogens (tertiary/aromatic N) is 4. The molecule has 0 atom stereocenters. The zero-order valence-corrected chi connectivity index (χ0v) is 25.3. The van der Waals surface area contributed by atoms with Gasteiger partial charge in [-0.2, -0.15) is 0 Å². The molecule has 7 aromatic carbocycles. The molecular formula is C45H28N4O. The van der Waals surface area contributed by atoms with E-state index in [-0.39, 0.29) is 55.5 Å². The maximum Gasteiger partial charge on any atom is 0.166 e. The Morgan fingerprint density at radius 3 is 1.84 bits per heavy atom. The largest absolute Gasteiger partial charge is 0.456 e. The number of hydrogen-bond donors (Lipinski definition) is 0. The zero-order chi connectivity index (χ0) is 50.4. The van der Waals surface area contributed by atoms with E-state index in [1.54, 1.807) is 30.3 Å². The Hall–Kier alpha value is -6.85. The first kappa shape index (κ1) is 14.7. The van der Waals surface area contributed by atoms with Crippen LogP contribution in [0, 0.1) is 0 Å². The second-order valence-corrected chi connectivity index (χ2v) is 10.9. The number of furan rings is 1. The van der Waals surface area contributed by atoms with E-state index < -0.39 is 155 Å². The molecule has 0 bridgehead atoms. The highest BCUT2D eigenvalue weighted by molar-refractivity contribution is 6.17. The lowest BCUT2D eigenvalue weighted by molar-refractivity contribution is 0.669. The lowest BCUT2D eigenvalue weighted by Gasteiger charge is -2.14. The maximum absolute atomic E-state index is 9.46. The summed E-state index contributed by atoms with van der Waals surface area (Å²) in [4.78, 5) is 14.3. The van der Waals surface area contributed by atoms with E-state index in [0.717, 1.165) is 4.57 Å². The summed E-state index contributed by atoms with van der Waals surface area (Å²) >= 11 is 0. The number of rotatable bonds is 5. The topological polar surface area (TPSA) is 56.7 Å². The minimum atomic E-state index is -0.834. The molecule has 0 aliphatic carbocycles. The molecule has 0 aliphatic heterocycles. The molecule has 10 rings (SSSR count). The Bertz CT molecular complexity index is 3920. The van der Waals surface area contributed by atoms with Gasteiger partial charge in [-0.05, 0) is 47.4 Å². The molecule has 3 heterocycles. The third kappa shape index (κ3) is 4.45. The van der Waals surface area contributed by atoms with Crippen LogP contribution < -0.4 is 0 Å². The predicted octanol–water partition coefficient (Wildman–Crippen LogP) is 11.5. The Balaban J connectivity index is 1.40. The first-order valence-corrected chi connectivity index (χ1v) is 15.1. The van der Waals surface area contributed by atoms with Crippen LogP contribution in [0.3, 0.4) is 0 Å². The lowest BCUT2D eigenvalue weighted by atomic mass is 9.97. The molecule has 234 valence electrons. The van der Waals surface area contributed by atoms with Crippen molar-refractivity contribution in [2.24, 2.45) is 0 Å². The van der Waals surface area contributed by atoms with Crippen molar-refractivity contribution in [2.75, 3.05) is 0 Å². The number of benzene rings is 7. The van der Waals surface area contributed by atoms with Crippen molar-refractivity contribution in [3.8, 4) is 51.0 Å². The van der Waals surface area contributed by atoms with Crippen LogP contribution in [0.2, 0.25) is 0 Å². The molecule has 5 heteroatoms. The molecular weight excluding hydrogens is 613 g/mol. The predicted molar refractivity (Wildman–Crippen MR) is 203 cm³/mol. The smallest absolute Gasteiger partial charge is 0.166 e. The first-order chi connectivity index (χ1) is 33.1. The zero-order valence-electron chi connectivity index (χ0n) is 45.3. The SMILES string of the molecule is [2H]c1c([2H])c([2H])c(-c2c([2H])c([2H])c([2H])c3oc4cccc(-c5nc(-c6ccccc6)nc(-c6c([2H])c([2H])c([2H])c([2H])c6-n6c7c([2H])c([2H])c([2H])c([2H])c7c7c([2H])c([2H])c([2H])c([2H])c76)n5)c4c23)c([2H])c1[2H]. The number of para-hydroxylation sites is 3. The maximum atomic E-state index is 9.46. The number of aromatic nitrogens is 4. The Labute approximate surface area is 315 Å². The van der Waals surface area contributed by atoms with Crippen molar-refractivity contribution in [2.45, 2.75) is 0 Å². The molecule has 0 unspecified atom stereocenters. The summed E-state index contributed by atoms with van der Waals surface area (Å²) in [6.07, 6.45) is 0. The molecule has 5 nitrogen and oxygen atoms in total. The van der Waals surface area contributed by atoms with E-state index in [1.807, 2.05) is 0 Å². The van der Waals surface area contributed by atoms with Gasteiger partial charge in [-0.25, -0.2) is 15.0 Å². The van der Waals surface area contributed by atoms with E-state index >= 15 is 0 Å². The summed E-state index contributed by atoms with van der Waals surface area (Å²) < 4.78 is 184. The molecule has 0 aliphatic rings. The summed E-state index contributed by atoms with van der Waals surface area (Å²) in [5.74, 6) is -0.827. The van der Waals surface area contributed by atoms with Gasteiger partial charge in [-0.3, -0.25) is 0 Å². The van der Waals surface area contributed by atoms with E-state index in [0.29, 0.717) is 5.56 Å². The van der Waals surface area contributed by atoms with Crippen LogP contribution in [0.25, 0.3) is 94.7 Å². The van der Waals surface area contributed by atoms with Gasteiger partial charge in [0.15, 0.2) is 17.5 Å². The van der Waals surface area contributed by atoms with Gasteiger partial charge in [0.2, 0.25) is 0 Å². The second-order valence-electron chi connectivity index (χ2n) is 10.9. The minimum Gasteiger partial charge on any atom is -0.456 e. The summed E-state index contributed by atoms with van der Waals surface area (Å²) in [5, 5.41) is -0.796. The van der Waals surface area contributed by atoms with Crippen LogP contribution in [0.4, 0.5) is 0 Å². The minimum absolute atomic E-state index is 0.0127. The van der Waals surface area contributed by atoms with Gasteiger partial charge >= 0.3 is 0 Å². The van der Waals surface area contributed by atoms with Gasteiger partial charge in [0.05, 0.1) is 44.1 Å². The highest BCUT2D eigenvalue weighted by Crippen LogP contribution is 2.42. The molecule has 0 radical (unpaired) electrons. The van der Waals surface area contributed by atoms with Gasteiger partial charge in [-0.15, -0.1) is 0 Å². The van der Waals surface area contributed by atoms with Crippen molar-refractivity contribution in [3.63, 3.8) is 0 Å². The van der Waals surface area contributed by atoms with E-state index in [1.165, 1.54) is 18.2 Å². The van der Waals surface area contributed by atoms with Crippen LogP contribution in [0.5, 0.6) is 0 Å². The summed E-state index contributed by atoms with van der Waals surface area (Å²) in [5.41, 5.74) is -2.64. The summed E-state index contributed by atoms with van der Waals surface area (Å²) in [6, 6.07) is -1.82. The third-order valence-corrected chi connectivity index (χ3v) is 8.13. The normalized spacial score (nSPS) is 17.2. The molecule has 0 spiro atoms. The average molecular weight is 661 g/mol. The molecule has 10 aromatic rings. The summed E-state index contributed by atoms with van der Waals surface area (Å²) in [7, 11) is 0. The molecule has 0 saturated carbocycles. The fraction of sp³-hybridized carbons (Fsp3) is 0. The van der Waals surface area contributed by atoms with Crippen molar-refractivity contribution in [3.05, 3.63) is 169 Å². The van der Waals surface area contributed by atoms with Gasteiger partial charge in [0, 0.05) is 38.2 Å². The van der Waals surface area contributed by atoms with Crippen molar-refractivity contribution in [1.29, 1.82) is 0 Å². The van der Waals surface area contributed by atoms with Gasteiger partial charge in [0.25, 0.3) is 0 Å².